The van der Waals surface area contributed by atoms with Gasteiger partial charge in [0.2, 0.25) is 0 Å². The molecular weight excluding hydrogens is 254 g/mol. The van der Waals surface area contributed by atoms with Gasteiger partial charge >= 0.3 is 0 Å². The fraction of sp³-hybridized carbons (Fsp3) is 1.00. The Morgan fingerprint density at radius 1 is 0.905 bits per heavy atom. The normalized spacial score (nSPS) is 32.9. The first-order valence-corrected chi connectivity index (χ1v) is 9.73. The minimum atomic E-state index is 0.506. The van der Waals surface area contributed by atoms with Crippen LogP contribution in [0.25, 0.3) is 0 Å². The van der Waals surface area contributed by atoms with Gasteiger partial charge < -0.3 is 5.32 Å². The summed E-state index contributed by atoms with van der Waals surface area (Å²) >= 11 is 0. The largest absolute Gasteiger partial charge is 0.317 e. The van der Waals surface area contributed by atoms with E-state index in [1.807, 2.05) is 0 Å². The van der Waals surface area contributed by atoms with Crippen LogP contribution >= 0.6 is 0 Å². The molecule has 1 N–H and O–H groups in total. The molecule has 0 bridgehead atoms. The van der Waals surface area contributed by atoms with Crippen LogP contribution in [0.1, 0.15) is 85.5 Å². The molecule has 0 heterocycles. The zero-order chi connectivity index (χ0) is 15.3. The fourth-order valence-electron chi connectivity index (χ4n) is 4.95. The second-order valence-corrected chi connectivity index (χ2v) is 8.86. The third kappa shape index (κ3) is 4.98. The summed E-state index contributed by atoms with van der Waals surface area (Å²) in [6.45, 7) is 12.1. The topological polar surface area (TPSA) is 12.0 Å². The molecule has 3 unspecified atom stereocenters. The molecule has 3 atom stereocenters. The summed E-state index contributed by atoms with van der Waals surface area (Å²) in [6.07, 6.45) is 13.4. The van der Waals surface area contributed by atoms with Crippen molar-refractivity contribution in [3.05, 3.63) is 0 Å². The van der Waals surface area contributed by atoms with Crippen LogP contribution in [0, 0.1) is 29.1 Å². The van der Waals surface area contributed by atoms with Crippen LogP contribution in [0.4, 0.5) is 0 Å². The summed E-state index contributed by atoms with van der Waals surface area (Å²) in [7, 11) is 0. The molecule has 0 aliphatic heterocycles. The van der Waals surface area contributed by atoms with Crippen LogP contribution in [0.5, 0.6) is 0 Å². The average Bonchev–Trinajstić information content (AvgIpc) is 2.73. The van der Waals surface area contributed by atoms with Crippen molar-refractivity contribution in [2.75, 3.05) is 13.1 Å². The Balaban J connectivity index is 2.04. The second kappa shape index (κ2) is 7.99. The van der Waals surface area contributed by atoms with Gasteiger partial charge in [-0.1, -0.05) is 66.2 Å². The molecule has 0 amide bonds. The Hall–Kier alpha value is -0.0400. The Morgan fingerprint density at radius 3 is 2.14 bits per heavy atom. The van der Waals surface area contributed by atoms with E-state index in [0.717, 1.165) is 30.2 Å². The van der Waals surface area contributed by atoms with E-state index in [-0.39, 0.29) is 0 Å². The minimum absolute atomic E-state index is 0.506. The van der Waals surface area contributed by atoms with Gasteiger partial charge in [0, 0.05) is 0 Å². The van der Waals surface area contributed by atoms with E-state index in [1.165, 1.54) is 64.3 Å². The summed E-state index contributed by atoms with van der Waals surface area (Å²) < 4.78 is 0. The number of hydrogen-bond donors (Lipinski definition) is 1. The molecule has 0 spiro atoms. The Labute approximate surface area is 133 Å². The molecule has 2 fully saturated rings. The second-order valence-electron chi connectivity index (χ2n) is 8.86. The first-order chi connectivity index (χ1) is 10.0. The van der Waals surface area contributed by atoms with Crippen LogP contribution < -0.4 is 5.32 Å². The molecule has 0 aromatic heterocycles. The third-order valence-electron chi connectivity index (χ3n) is 6.43. The lowest BCUT2D eigenvalue weighted by molar-refractivity contribution is 0.0584. The maximum absolute atomic E-state index is 3.66. The Morgan fingerprint density at radius 2 is 1.57 bits per heavy atom. The summed E-state index contributed by atoms with van der Waals surface area (Å²) in [4.78, 5) is 0. The lowest BCUT2D eigenvalue weighted by Crippen LogP contribution is -2.39. The van der Waals surface area contributed by atoms with E-state index in [0.29, 0.717) is 5.41 Å². The van der Waals surface area contributed by atoms with Gasteiger partial charge in [-0.2, -0.15) is 0 Å². The molecule has 2 saturated carbocycles. The van der Waals surface area contributed by atoms with Crippen molar-refractivity contribution in [2.24, 2.45) is 29.1 Å². The van der Waals surface area contributed by atoms with E-state index in [4.69, 9.17) is 0 Å². The number of nitrogens with one attached hydrogen (secondary N) is 1. The summed E-state index contributed by atoms with van der Waals surface area (Å²) in [5.74, 6) is 3.93. The number of hydrogen-bond acceptors (Lipinski definition) is 1. The lowest BCUT2D eigenvalue weighted by atomic mass is 9.61. The molecule has 124 valence electrons. The van der Waals surface area contributed by atoms with Gasteiger partial charge in [0.1, 0.15) is 0 Å². The van der Waals surface area contributed by atoms with Crippen molar-refractivity contribution in [1.29, 1.82) is 0 Å². The SMILES string of the molecule is CCNCC1CCC(C(C)(C)C)CC1C1CCCCCC1. The standard InChI is InChI=1S/C20H39N/c1-5-21-15-17-12-13-18(20(2,3)4)14-19(17)16-10-8-6-7-9-11-16/h16-19,21H,5-15H2,1-4H3. The van der Waals surface area contributed by atoms with Crippen LogP contribution in [-0.2, 0) is 0 Å². The fourth-order valence-corrected chi connectivity index (χ4v) is 4.95. The highest BCUT2D eigenvalue weighted by Gasteiger charge is 2.38. The molecule has 2 rings (SSSR count). The van der Waals surface area contributed by atoms with Gasteiger partial charge in [-0.15, -0.1) is 0 Å². The highest BCUT2D eigenvalue weighted by molar-refractivity contribution is 4.89. The molecule has 2 aliphatic carbocycles. The van der Waals surface area contributed by atoms with Gasteiger partial charge in [0.05, 0.1) is 0 Å². The summed E-state index contributed by atoms with van der Waals surface area (Å²) in [5.41, 5.74) is 0.506. The molecule has 0 aromatic rings. The summed E-state index contributed by atoms with van der Waals surface area (Å²) in [6, 6.07) is 0. The first-order valence-electron chi connectivity index (χ1n) is 9.73. The molecule has 1 heteroatoms. The maximum atomic E-state index is 3.66. The lowest BCUT2D eigenvalue weighted by Gasteiger charge is -2.45. The molecule has 0 aromatic carbocycles. The van der Waals surface area contributed by atoms with Crippen molar-refractivity contribution in [2.45, 2.75) is 85.5 Å². The van der Waals surface area contributed by atoms with Crippen molar-refractivity contribution in [1.82, 2.24) is 5.32 Å². The van der Waals surface area contributed by atoms with E-state index in [1.54, 1.807) is 0 Å². The minimum Gasteiger partial charge on any atom is -0.317 e. The predicted molar refractivity (Wildman–Crippen MR) is 93.5 cm³/mol. The highest BCUT2D eigenvalue weighted by Crippen LogP contribution is 2.47. The molecular formula is C20H39N. The van der Waals surface area contributed by atoms with E-state index < -0.39 is 0 Å². The Kier molecular flexibility index (Phi) is 6.59. The van der Waals surface area contributed by atoms with Crippen molar-refractivity contribution in [3.8, 4) is 0 Å². The maximum Gasteiger partial charge on any atom is -0.00179 e. The van der Waals surface area contributed by atoms with Crippen molar-refractivity contribution < 1.29 is 0 Å². The smallest absolute Gasteiger partial charge is 0.00179 e. The van der Waals surface area contributed by atoms with Crippen LogP contribution in [0.15, 0.2) is 0 Å². The van der Waals surface area contributed by atoms with E-state index in [2.05, 4.69) is 33.0 Å². The van der Waals surface area contributed by atoms with Crippen molar-refractivity contribution in [3.63, 3.8) is 0 Å². The van der Waals surface area contributed by atoms with Crippen molar-refractivity contribution >= 4 is 0 Å². The monoisotopic (exact) mass is 293 g/mol. The van der Waals surface area contributed by atoms with Gasteiger partial charge in [-0.3, -0.25) is 0 Å². The van der Waals surface area contributed by atoms with Crippen LogP contribution in [0.2, 0.25) is 0 Å². The van der Waals surface area contributed by atoms with Gasteiger partial charge in [-0.25, -0.2) is 0 Å². The van der Waals surface area contributed by atoms with Gasteiger partial charge in [0.15, 0.2) is 0 Å². The zero-order valence-electron chi connectivity index (χ0n) is 15.1. The highest BCUT2D eigenvalue weighted by atomic mass is 14.8. The van der Waals surface area contributed by atoms with Crippen LogP contribution in [0.3, 0.4) is 0 Å². The quantitative estimate of drug-likeness (QED) is 0.661. The molecule has 0 saturated heterocycles. The summed E-state index contributed by atoms with van der Waals surface area (Å²) in [5, 5.41) is 3.66. The third-order valence-corrected chi connectivity index (χ3v) is 6.43. The predicted octanol–water partition coefficient (Wildman–Crippen LogP) is 5.64. The molecule has 0 radical (unpaired) electrons. The number of rotatable bonds is 4. The molecule has 1 nitrogen and oxygen atoms in total. The zero-order valence-corrected chi connectivity index (χ0v) is 15.1. The average molecular weight is 294 g/mol. The van der Waals surface area contributed by atoms with E-state index >= 15 is 0 Å². The Bertz CT molecular complexity index is 283. The van der Waals surface area contributed by atoms with Gasteiger partial charge in [-0.05, 0) is 61.4 Å². The van der Waals surface area contributed by atoms with Gasteiger partial charge in [0.25, 0.3) is 0 Å². The molecule has 2 aliphatic rings. The van der Waals surface area contributed by atoms with E-state index in [9.17, 15) is 0 Å². The van der Waals surface area contributed by atoms with Crippen LogP contribution in [-0.4, -0.2) is 13.1 Å². The molecule has 21 heavy (non-hydrogen) atoms. The first kappa shape index (κ1) is 17.3.